The average molecular weight is 217 g/mol. The molecular weight excluding hydrogens is 206 g/mol. The van der Waals surface area contributed by atoms with Crippen molar-refractivity contribution >= 4 is 5.91 Å². The molecule has 1 unspecified atom stereocenters. The normalized spacial score (nSPS) is 12.1. The summed E-state index contributed by atoms with van der Waals surface area (Å²) in [6.45, 7) is 1.90. The standard InChI is InChI=1S/C10H11N5O/c1-7(8-5-3-2-4-6-8)11-10(16)9-12-14-15-13-9/h2-7H,1H3,(H,11,16)(H,12,13,14,15). The quantitative estimate of drug-likeness (QED) is 0.792. The van der Waals surface area contributed by atoms with Crippen molar-refractivity contribution < 1.29 is 4.79 Å². The Labute approximate surface area is 92.1 Å². The van der Waals surface area contributed by atoms with Gasteiger partial charge in [0, 0.05) is 0 Å². The molecule has 1 heterocycles. The first-order valence-corrected chi connectivity index (χ1v) is 4.86. The monoisotopic (exact) mass is 217 g/mol. The van der Waals surface area contributed by atoms with E-state index in [4.69, 9.17) is 0 Å². The van der Waals surface area contributed by atoms with Crippen molar-refractivity contribution in [3.63, 3.8) is 0 Å². The Morgan fingerprint density at radius 3 is 2.75 bits per heavy atom. The fourth-order valence-electron chi connectivity index (χ4n) is 1.34. The average Bonchev–Trinajstić information content (AvgIpc) is 2.83. The van der Waals surface area contributed by atoms with Crippen LogP contribution in [0.25, 0.3) is 0 Å². The zero-order chi connectivity index (χ0) is 11.4. The van der Waals surface area contributed by atoms with E-state index in [1.54, 1.807) is 0 Å². The molecule has 0 saturated carbocycles. The number of aromatic amines is 1. The van der Waals surface area contributed by atoms with Crippen LogP contribution in [-0.2, 0) is 0 Å². The summed E-state index contributed by atoms with van der Waals surface area (Å²) >= 11 is 0. The van der Waals surface area contributed by atoms with Gasteiger partial charge >= 0.3 is 0 Å². The number of rotatable bonds is 3. The first-order chi connectivity index (χ1) is 7.77. The van der Waals surface area contributed by atoms with E-state index in [2.05, 4.69) is 25.9 Å². The highest BCUT2D eigenvalue weighted by atomic mass is 16.2. The summed E-state index contributed by atoms with van der Waals surface area (Å²) in [6, 6.07) is 9.57. The number of tetrazole rings is 1. The second kappa shape index (κ2) is 4.52. The highest BCUT2D eigenvalue weighted by molar-refractivity contribution is 5.90. The molecule has 0 radical (unpaired) electrons. The molecule has 1 aromatic carbocycles. The molecule has 0 aliphatic carbocycles. The van der Waals surface area contributed by atoms with Crippen molar-refractivity contribution in [2.75, 3.05) is 0 Å². The van der Waals surface area contributed by atoms with Gasteiger partial charge in [0.05, 0.1) is 6.04 Å². The van der Waals surface area contributed by atoms with Gasteiger partial charge in [0.2, 0.25) is 0 Å². The Bertz CT molecular complexity index is 453. The van der Waals surface area contributed by atoms with Gasteiger partial charge in [0.15, 0.2) is 0 Å². The van der Waals surface area contributed by atoms with Crippen LogP contribution in [0, 0.1) is 0 Å². The Hall–Kier alpha value is -2.24. The zero-order valence-corrected chi connectivity index (χ0v) is 8.71. The number of benzene rings is 1. The highest BCUT2D eigenvalue weighted by Gasteiger charge is 2.14. The molecule has 6 nitrogen and oxygen atoms in total. The van der Waals surface area contributed by atoms with Crippen molar-refractivity contribution in [1.29, 1.82) is 0 Å². The van der Waals surface area contributed by atoms with Crippen molar-refractivity contribution in [2.24, 2.45) is 0 Å². The minimum Gasteiger partial charge on any atom is -0.343 e. The summed E-state index contributed by atoms with van der Waals surface area (Å²) in [4.78, 5) is 11.6. The van der Waals surface area contributed by atoms with E-state index >= 15 is 0 Å². The van der Waals surface area contributed by atoms with Crippen molar-refractivity contribution in [2.45, 2.75) is 13.0 Å². The largest absolute Gasteiger partial charge is 0.343 e. The maximum Gasteiger partial charge on any atom is 0.293 e. The molecule has 0 saturated heterocycles. The number of aromatic nitrogens is 4. The Balaban J connectivity index is 2.03. The lowest BCUT2D eigenvalue weighted by molar-refractivity contribution is 0.0929. The molecule has 2 N–H and O–H groups in total. The lowest BCUT2D eigenvalue weighted by Crippen LogP contribution is -2.27. The smallest absolute Gasteiger partial charge is 0.293 e. The van der Waals surface area contributed by atoms with Gasteiger partial charge in [-0.25, -0.2) is 0 Å². The number of nitrogens with one attached hydrogen (secondary N) is 2. The summed E-state index contributed by atoms with van der Waals surface area (Å²) in [7, 11) is 0. The summed E-state index contributed by atoms with van der Waals surface area (Å²) in [5.41, 5.74) is 1.03. The molecule has 6 heteroatoms. The maximum atomic E-state index is 11.6. The Kier molecular flexibility index (Phi) is 2.90. The fourth-order valence-corrected chi connectivity index (χ4v) is 1.34. The minimum absolute atomic E-state index is 0.0442. The molecule has 0 aliphatic heterocycles. The van der Waals surface area contributed by atoms with Gasteiger partial charge in [-0.1, -0.05) is 30.3 Å². The van der Waals surface area contributed by atoms with E-state index in [1.807, 2.05) is 37.3 Å². The van der Waals surface area contributed by atoms with Crippen LogP contribution in [0.1, 0.15) is 29.1 Å². The number of nitrogens with zero attached hydrogens (tertiary/aromatic N) is 3. The predicted octanol–water partition coefficient (Wildman–Crippen LogP) is 0.691. The van der Waals surface area contributed by atoms with E-state index in [0.29, 0.717) is 0 Å². The van der Waals surface area contributed by atoms with Crippen LogP contribution in [0.4, 0.5) is 0 Å². The van der Waals surface area contributed by atoms with Crippen molar-refractivity contribution in [1.82, 2.24) is 25.9 Å². The van der Waals surface area contributed by atoms with Gasteiger partial charge in [-0.3, -0.25) is 4.79 Å². The second-order valence-corrected chi connectivity index (χ2v) is 3.34. The van der Waals surface area contributed by atoms with Gasteiger partial charge in [0.1, 0.15) is 0 Å². The lowest BCUT2D eigenvalue weighted by Gasteiger charge is -2.12. The molecule has 1 aromatic heterocycles. The Morgan fingerprint density at radius 1 is 1.38 bits per heavy atom. The molecule has 0 fully saturated rings. The molecular formula is C10H11N5O. The van der Waals surface area contributed by atoms with Gasteiger partial charge in [0.25, 0.3) is 11.7 Å². The summed E-state index contributed by atoms with van der Waals surface area (Å²) in [5.74, 6) is -0.298. The molecule has 2 aromatic rings. The minimum atomic E-state index is -0.342. The van der Waals surface area contributed by atoms with Crippen LogP contribution >= 0.6 is 0 Å². The van der Waals surface area contributed by atoms with Crippen LogP contribution in [0.2, 0.25) is 0 Å². The first-order valence-electron chi connectivity index (χ1n) is 4.86. The molecule has 2 rings (SSSR count). The van der Waals surface area contributed by atoms with Crippen LogP contribution in [0.15, 0.2) is 30.3 Å². The van der Waals surface area contributed by atoms with Crippen molar-refractivity contribution in [3.05, 3.63) is 41.7 Å². The maximum absolute atomic E-state index is 11.6. The predicted molar refractivity (Wildman–Crippen MR) is 56.5 cm³/mol. The van der Waals surface area contributed by atoms with Gasteiger partial charge in [-0.05, 0) is 17.7 Å². The number of amides is 1. The number of carbonyl (C=O) groups excluding carboxylic acids is 1. The molecule has 1 atom stereocenters. The fraction of sp³-hybridized carbons (Fsp3) is 0.200. The molecule has 16 heavy (non-hydrogen) atoms. The number of H-pyrrole nitrogens is 1. The van der Waals surface area contributed by atoms with E-state index in [0.717, 1.165) is 5.56 Å². The van der Waals surface area contributed by atoms with Crippen molar-refractivity contribution in [3.8, 4) is 0 Å². The van der Waals surface area contributed by atoms with E-state index < -0.39 is 0 Å². The van der Waals surface area contributed by atoms with Crippen LogP contribution < -0.4 is 5.32 Å². The third-order valence-corrected chi connectivity index (χ3v) is 2.20. The number of hydrogen-bond donors (Lipinski definition) is 2. The molecule has 0 spiro atoms. The third kappa shape index (κ3) is 2.22. The topological polar surface area (TPSA) is 83.6 Å². The van der Waals surface area contributed by atoms with Crippen LogP contribution in [-0.4, -0.2) is 26.5 Å². The number of hydrogen-bond acceptors (Lipinski definition) is 4. The molecule has 82 valence electrons. The third-order valence-electron chi connectivity index (χ3n) is 2.20. The van der Waals surface area contributed by atoms with E-state index in [-0.39, 0.29) is 17.8 Å². The highest BCUT2D eigenvalue weighted by Crippen LogP contribution is 2.11. The summed E-state index contributed by atoms with van der Waals surface area (Å²) < 4.78 is 0. The lowest BCUT2D eigenvalue weighted by atomic mass is 10.1. The summed E-state index contributed by atoms with van der Waals surface area (Å²) in [5, 5.41) is 15.5. The number of carbonyl (C=O) groups is 1. The van der Waals surface area contributed by atoms with Crippen LogP contribution in [0.3, 0.4) is 0 Å². The zero-order valence-electron chi connectivity index (χ0n) is 8.71. The Morgan fingerprint density at radius 2 is 2.12 bits per heavy atom. The molecule has 1 amide bonds. The molecule has 0 bridgehead atoms. The SMILES string of the molecule is CC(NC(=O)c1nn[nH]n1)c1ccccc1. The van der Waals surface area contributed by atoms with E-state index in [1.165, 1.54) is 0 Å². The van der Waals surface area contributed by atoms with Crippen LogP contribution in [0.5, 0.6) is 0 Å². The van der Waals surface area contributed by atoms with E-state index in [9.17, 15) is 4.79 Å². The summed E-state index contributed by atoms with van der Waals surface area (Å²) in [6.07, 6.45) is 0. The molecule has 0 aliphatic rings. The van der Waals surface area contributed by atoms with Gasteiger partial charge in [-0.15, -0.1) is 10.2 Å². The first kappa shape index (κ1) is 10.3. The van der Waals surface area contributed by atoms with Gasteiger partial charge in [-0.2, -0.15) is 5.21 Å². The second-order valence-electron chi connectivity index (χ2n) is 3.34. The van der Waals surface area contributed by atoms with Gasteiger partial charge < -0.3 is 5.32 Å².